The number of nitrogens with one attached hydrogen (secondary N) is 1. The number of nitrogens with zero attached hydrogens (tertiary/aromatic N) is 1. The van der Waals surface area contributed by atoms with Gasteiger partial charge in [0.1, 0.15) is 11.3 Å². The zero-order valence-corrected chi connectivity index (χ0v) is 18.5. The molecule has 1 aromatic heterocycles. The SMILES string of the molecule is CNC(=O)C1(C)CCN(C(=O)C(C)Oc2cc(C)cc3oc(=O)c(C)c(C)c23)CC1. The molecule has 1 aliphatic heterocycles. The summed E-state index contributed by atoms with van der Waals surface area (Å²) in [6.45, 7) is 10.1. The first kappa shape index (κ1) is 21.9. The topological polar surface area (TPSA) is 88.8 Å². The Hall–Kier alpha value is -2.83. The minimum atomic E-state index is -0.703. The molecule has 0 radical (unpaired) electrons. The maximum atomic E-state index is 13.0. The minimum absolute atomic E-state index is 0.0115. The summed E-state index contributed by atoms with van der Waals surface area (Å²) in [5.41, 5.74) is 1.83. The van der Waals surface area contributed by atoms with Gasteiger partial charge in [-0.1, -0.05) is 6.92 Å². The van der Waals surface area contributed by atoms with E-state index >= 15 is 0 Å². The Kier molecular flexibility index (Phi) is 5.92. The lowest BCUT2D eigenvalue weighted by Gasteiger charge is -2.38. The molecule has 1 aliphatic rings. The van der Waals surface area contributed by atoms with Crippen molar-refractivity contribution >= 4 is 22.8 Å². The van der Waals surface area contributed by atoms with Crippen molar-refractivity contribution in [1.29, 1.82) is 0 Å². The van der Waals surface area contributed by atoms with Crippen LogP contribution in [0.3, 0.4) is 0 Å². The van der Waals surface area contributed by atoms with Crippen LogP contribution >= 0.6 is 0 Å². The van der Waals surface area contributed by atoms with Gasteiger partial charge in [-0.3, -0.25) is 9.59 Å². The molecule has 2 amide bonds. The number of amides is 2. The highest BCUT2D eigenvalue weighted by Crippen LogP contribution is 2.33. The number of carbonyl (C=O) groups excluding carboxylic acids is 2. The zero-order chi connectivity index (χ0) is 22.2. The van der Waals surface area contributed by atoms with Crippen LogP contribution in [0.2, 0.25) is 0 Å². The molecule has 1 fully saturated rings. The monoisotopic (exact) mass is 414 g/mol. The van der Waals surface area contributed by atoms with Crippen LogP contribution < -0.4 is 15.7 Å². The number of hydrogen-bond donors (Lipinski definition) is 1. The second-order valence-corrected chi connectivity index (χ2v) is 8.50. The highest BCUT2D eigenvalue weighted by molar-refractivity contribution is 5.89. The third-order valence-electron chi connectivity index (χ3n) is 6.26. The normalized spacial score (nSPS) is 16.9. The highest BCUT2D eigenvalue weighted by atomic mass is 16.5. The maximum absolute atomic E-state index is 13.0. The van der Waals surface area contributed by atoms with Crippen molar-refractivity contribution in [3.63, 3.8) is 0 Å². The van der Waals surface area contributed by atoms with Gasteiger partial charge in [0.05, 0.1) is 5.39 Å². The smallest absolute Gasteiger partial charge is 0.339 e. The Morgan fingerprint density at radius 1 is 1.17 bits per heavy atom. The van der Waals surface area contributed by atoms with Crippen molar-refractivity contribution in [2.75, 3.05) is 20.1 Å². The average molecular weight is 415 g/mol. The number of hydrogen-bond acceptors (Lipinski definition) is 5. The van der Waals surface area contributed by atoms with E-state index in [0.29, 0.717) is 48.2 Å². The van der Waals surface area contributed by atoms with Gasteiger partial charge < -0.3 is 19.4 Å². The van der Waals surface area contributed by atoms with Gasteiger partial charge in [-0.2, -0.15) is 0 Å². The summed E-state index contributed by atoms with van der Waals surface area (Å²) in [5.74, 6) is 0.426. The second-order valence-electron chi connectivity index (χ2n) is 8.50. The minimum Gasteiger partial charge on any atom is -0.480 e. The van der Waals surface area contributed by atoms with Crippen LogP contribution in [-0.4, -0.2) is 43.0 Å². The van der Waals surface area contributed by atoms with Crippen LogP contribution in [0.5, 0.6) is 5.75 Å². The first-order valence-electron chi connectivity index (χ1n) is 10.3. The van der Waals surface area contributed by atoms with Crippen molar-refractivity contribution < 1.29 is 18.7 Å². The van der Waals surface area contributed by atoms with Crippen molar-refractivity contribution in [3.05, 3.63) is 39.2 Å². The number of fused-ring (bicyclic) bond motifs is 1. The molecule has 0 saturated carbocycles. The molecule has 1 saturated heterocycles. The van der Waals surface area contributed by atoms with E-state index in [1.165, 1.54) is 0 Å². The number of piperidine rings is 1. The molecule has 2 heterocycles. The molecule has 3 rings (SSSR count). The Bertz CT molecular complexity index is 1050. The van der Waals surface area contributed by atoms with Gasteiger partial charge in [0.15, 0.2) is 6.10 Å². The lowest BCUT2D eigenvalue weighted by atomic mass is 9.79. The third kappa shape index (κ3) is 3.93. The Balaban J connectivity index is 1.81. The molecule has 1 unspecified atom stereocenters. The summed E-state index contributed by atoms with van der Waals surface area (Å²) in [5, 5.41) is 3.42. The molecule has 1 atom stereocenters. The first-order chi connectivity index (χ1) is 14.1. The van der Waals surface area contributed by atoms with Crippen LogP contribution in [0, 0.1) is 26.2 Å². The van der Waals surface area contributed by atoms with Crippen LogP contribution in [0.1, 0.15) is 43.4 Å². The molecule has 1 aromatic carbocycles. The van der Waals surface area contributed by atoms with E-state index in [2.05, 4.69) is 5.32 Å². The summed E-state index contributed by atoms with van der Waals surface area (Å²) < 4.78 is 11.5. The quantitative estimate of drug-likeness (QED) is 0.777. The number of likely N-dealkylation sites (tertiary alicyclic amines) is 1. The van der Waals surface area contributed by atoms with Gasteiger partial charge in [0.25, 0.3) is 5.91 Å². The van der Waals surface area contributed by atoms with Gasteiger partial charge in [-0.25, -0.2) is 4.79 Å². The van der Waals surface area contributed by atoms with Gasteiger partial charge in [0.2, 0.25) is 5.91 Å². The number of carbonyl (C=O) groups is 2. The lowest BCUT2D eigenvalue weighted by Crippen LogP contribution is -2.50. The number of rotatable bonds is 4. The fraction of sp³-hybridized carbons (Fsp3) is 0.522. The predicted octanol–water partition coefficient (Wildman–Crippen LogP) is 2.86. The summed E-state index contributed by atoms with van der Waals surface area (Å²) in [4.78, 5) is 38.9. The number of benzene rings is 1. The Morgan fingerprint density at radius 2 is 1.80 bits per heavy atom. The van der Waals surface area contributed by atoms with E-state index in [1.807, 2.05) is 26.8 Å². The molecular formula is C23H30N2O5. The maximum Gasteiger partial charge on any atom is 0.339 e. The predicted molar refractivity (Wildman–Crippen MR) is 115 cm³/mol. The van der Waals surface area contributed by atoms with Crippen LogP contribution in [0.15, 0.2) is 21.3 Å². The largest absolute Gasteiger partial charge is 0.480 e. The van der Waals surface area contributed by atoms with E-state index in [1.54, 1.807) is 31.9 Å². The first-order valence-corrected chi connectivity index (χ1v) is 10.3. The molecule has 7 nitrogen and oxygen atoms in total. The molecule has 30 heavy (non-hydrogen) atoms. The van der Waals surface area contributed by atoms with Crippen LogP contribution in [0.4, 0.5) is 0 Å². The van der Waals surface area contributed by atoms with Crippen LogP contribution in [0.25, 0.3) is 11.0 Å². The summed E-state index contributed by atoms with van der Waals surface area (Å²) in [6.07, 6.45) is 0.523. The molecule has 7 heteroatoms. The van der Waals surface area contributed by atoms with Crippen molar-refractivity contribution in [2.45, 2.75) is 53.6 Å². The second kappa shape index (κ2) is 8.13. The van der Waals surface area contributed by atoms with Gasteiger partial charge >= 0.3 is 5.63 Å². The standard InChI is InChI=1S/C23H30N2O5/c1-13-11-17(19-14(2)15(3)21(27)30-18(19)12-13)29-16(4)20(26)25-9-7-23(5,8-10-25)22(28)24-6/h11-12,16H,7-10H2,1-6H3,(H,24,28). The highest BCUT2D eigenvalue weighted by Gasteiger charge is 2.38. The van der Waals surface area contributed by atoms with Crippen molar-refractivity contribution in [1.82, 2.24) is 10.2 Å². The average Bonchev–Trinajstić information content (AvgIpc) is 2.71. The molecular weight excluding hydrogens is 384 g/mol. The Labute approximate surface area is 176 Å². The molecule has 0 aliphatic carbocycles. The van der Waals surface area contributed by atoms with Crippen molar-refractivity contribution in [3.8, 4) is 5.75 Å². The fourth-order valence-electron chi connectivity index (χ4n) is 4.03. The summed E-state index contributed by atoms with van der Waals surface area (Å²) in [7, 11) is 1.64. The Morgan fingerprint density at radius 3 is 2.40 bits per heavy atom. The van der Waals surface area contributed by atoms with Crippen LogP contribution in [-0.2, 0) is 9.59 Å². The lowest BCUT2D eigenvalue weighted by molar-refractivity contribution is -0.143. The van der Waals surface area contributed by atoms with E-state index < -0.39 is 11.5 Å². The van der Waals surface area contributed by atoms with Gasteiger partial charge in [-0.05, 0) is 63.8 Å². The molecule has 162 valence electrons. The zero-order valence-electron chi connectivity index (χ0n) is 18.5. The fourth-order valence-corrected chi connectivity index (χ4v) is 4.03. The van der Waals surface area contributed by atoms with Gasteiger partial charge in [-0.15, -0.1) is 0 Å². The molecule has 0 bridgehead atoms. The molecule has 1 N–H and O–H groups in total. The van der Waals surface area contributed by atoms with Gasteiger partial charge in [0, 0.05) is 31.1 Å². The van der Waals surface area contributed by atoms with E-state index in [4.69, 9.17) is 9.15 Å². The summed E-state index contributed by atoms with van der Waals surface area (Å²) >= 11 is 0. The number of ether oxygens (including phenoxy) is 1. The third-order valence-corrected chi connectivity index (χ3v) is 6.26. The van der Waals surface area contributed by atoms with Crippen molar-refractivity contribution in [2.24, 2.45) is 5.41 Å². The van der Waals surface area contributed by atoms with E-state index in [9.17, 15) is 14.4 Å². The molecule has 2 aromatic rings. The van der Waals surface area contributed by atoms with E-state index in [0.717, 1.165) is 11.1 Å². The van der Waals surface area contributed by atoms with E-state index in [-0.39, 0.29) is 17.4 Å². The summed E-state index contributed by atoms with van der Waals surface area (Å²) in [6, 6.07) is 3.66. The number of aryl methyl sites for hydroxylation is 2. The molecule has 0 spiro atoms.